The molecule has 0 aromatic heterocycles. The highest BCUT2D eigenvalue weighted by Gasteiger charge is 2.28. The second-order valence-electron chi connectivity index (χ2n) is 4.24. The van der Waals surface area contributed by atoms with Crippen molar-refractivity contribution in [2.75, 3.05) is 7.05 Å². The molecule has 1 atom stereocenters. The summed E-state index contributed by atoms with van der Waals surface area (Å²) in [5, 5.41) is 11.2. The number of sulfonamides is 1. The highest BCUT2D eigenvalue weighted by Crippen LogP contribution is 2.21. The van der Waals surface area contributed by atoms with Crippen LogP contribution in [-0.2, 0) is 10.0 Å². The van der Waals surface area contributed by atoms with Crippen LogP contribution in [0.25, 0.3) is 0 Å². The van der Waals surface area contributed by atoms with Crippen molar-refractivity contribution in [1.29, 1.82) is 0 Å². The number of amidine groups is 1. The molecular weight excluding hydrogens is 292 g/mol. The molecule has 0 aliphatic rings. The van der Waals surface area contributed by atoms with Gasteiger partial charge < -0.3 is 10.9 Å². The van der Waals surface area contributed by atoms with Crippen LogP contribution in [0.3, 0.4) is 0 Å². The maximum atomic E-state index is 13.6. The van der Waals surface area contributed by atoms with Gasteiger partial charge in [0.1, 0.15) is 22.4 Å². The van der Waals surface area contributed by atoms with Gasteiger partial charge in [-0.25, -0.2) is 17.2 Å². The number of nitrogens with two attached hydrogens (primary N) is 1. The second kappa shape index (κ2) is 6.14. The zero-order valence-corrected chi connectivity index (χ0v) is 11.7. The molecule has 1 rings (SSSR count). The number of hydrogen-bond acceptors (Lipinski definition) is 4. The Morgan fingerprint density at radius 2 is 2.10 bits per heavy atom. The number of hydrogen-bond donors (Lipinski definition) is 2. The Labute approximate surface area is 115 Å². The lowest BCUT2D eigenvalue weighted by molar-refractivity contribution is 0.313. The van der Waals surface area contributed by atoms with Crippen LogP contribution < -0.4 is 5.73 Å². The minimum absolute atomic E-state index is 0.0327. The third kappa shape index (κ3) is 3.42. The van der Waals surface area contributed by atoms with Gasteiger partial charge in [-0.15, -0.1) is 0 Å². The van der Waals surface area contributed by atoms with Crippen molar-refractivity contribution in [2.24, 2.45) is 10.9 Å². The molecule has 0 saturated heterocycles. The van der Waals surface area contributed by atoms with Crippen molar-refractivity contribution >= 4 is 15.9 Å². The fourth-order valence-electron chi connectivity index (χ4n) is 1.55. The van der Waals surface area contributed by atoms with Crippen LogP contribution in [0.1, 0.15) is 13.3 Å². The number of benzene rings is 1. The van der Waals surface area contributed by atoms with E-state index in [0.717, 1.165) is 16.4 Å². The molecule has 0 aliphatic carbocycles. The summed E-state index contributed by atoms with van der Waals surface area (Å²) in [5.41, 5.74) is 5.30. The highest BCUT2D eigenvalue weighted by molar-refractivity contribution is 7.89. The van der Waals surface area contributed by atoms with Crippen LogP contribution in [0, 0.1) is 11.6 Å². The molecule has 3 N–H and O–H groups in total. The van der Waals surface area contributed by atoms with Gasteiger partial charge in [-0.2, -0.15) is 4.31 Å². The van der Waals surface area contributed by atoms with Crippen molar-refractivity contribution in [3.8, 4) is 0 Å². The van der Waals surface area contributed by atoms with Gasteiger partial charge in [0.15, 0.2) is 0 Å². The third-order valence-electron chi connectivity index (χ3n) is 2.80. The molecule has 9 heteroatoms. The second-order valence-corrected chi connectivity index (χ2v) is 6.21. The first kappa shape index (κ1) is 16.3. The maximum Gasteiger partial charge on any atom is 0.245 e. The lowest BCUT2D eigenvalue weighted by atomic mass is 10.2. The zero-order valence-electron chi connectivity index (χ0n) is 10.9. The smallest absolute Gasteiger partial charge is 0.245 e. The maximum absolute atomic E-state index is 13.6. The summed E-state index contributed by atoms with van der Waals surface area (Å²) in [4.78, 5) is -0.632. The Kier molecular flexibility index (Phi) is 5.01. The molecule has 1 unspecified atom stereocenters. The van der Waals surface area contributed by atoms with Gasteiger partial charge in [0.25, 0.3) is 0 Å². The molecule has 0 amide bonds. The Morgan fingerprint density at radius 1 is 1.50 bits per heavy atom. The minimum atomic E-state index is -4.14. The van der Waals surface area contributed by atoms with Gasteiger partial charge in [0.05, 0.1) is 0 Å². The standard InChI is InChI=1S/C11H15F2N3O3S/c1-7(5-11(14)15-17)16(2)20(18,19)10-4-3-8(12)6-9(10)13/h3-4,6-7,17H,5H2,1-2H3,(H2,14,15). The summed E-state index contributed by atoms with van der Waals surface area (Å²) in [6, 6.07) is 1.54. The molecule has 20 heavy (non-hydrogen) atoms. The van der Waals surface area contributed by atoms with E-state index in [2.05, 4.69) is 5.16 Å². The topological polar surface area (TPSA) is 96.0 Å². The molecule has 0 fully saturated rings. The number of nitrogens with zero attached hydrogens (tertiary/aromatic N) is 2. The van der Waals surface area contributed by atoms with Crippen molar-refractivity contribution in [3.05, 3.63) is 29.8 Å². The first-order chi connectivity index (χ1) is 9.20. The Balaban J connectivity index is 3.09. The fraction of sp³-hybridized carbons (Fsp3) is 0.364. The summed E-state index contributed by atoms with van der Waals surface area (Å²) in [7, 11) is -2.91. The number of rotatable bonds is 5. The molecule has 6 nitrogen and oxygen atoms in total. The van der Waals surface area contributed by atoms with Gasteiger partial charge in [-0.3, -0.25) is 0 Å². The average molecular weight is 307 g/mol. The van der Waals surface area contributed by atoms with E-state index >= 15 is 0 Å². The predicted octanol–water partition coefficient (Wildman–Crippen LogP) is 1.11. The highest BCUT2D eigenvalue weighted by atomic mass is 32.2. The molecule has 0 radical (unpaired) electrons. The first-order valence-electron chi connectivity index (χ1n) is 5.59. The summed E-state index contributed by atoms with van der Waals surface area (Å²) in [6.07, 6.45) is -0.0327. The van der Waals surface area contributed by atoms with Crippen LogP contribution in [0.5, 0.6) is 0 Å². The largest absolute Gasteiger partial charge is 0.409 e. The Bertz CT molecular complexity index is 619. The fourth-order valence-corrected chi connectivity index (χ4v) is 2.95. The van der Waals surface area contributed by atoms with Crippen molar-refractivity contribution in [2.45, 2.75) is 24.3 Å². The van der Waals surface area contributed by atoms with E-state index in [9.17, 15) is 17.2 Å². The van der Waals surface area contributed by atoms with E-state index in [1.807, 2.05) is 0 Å². The van der Waals surface area contributed by atoms with E-state index in [0.29, 0.717) is 6.07 Å². The predicted molar refractivity (Wildman–Crippen MR) is 68.8 cm³/mol. The van der Waals surface area contributed by atoms with Gasteiger partial charge in [0, 0.05) is 25.6 Å². The molecule has 112 valence electrons. The van der Waals surface area contributed by atoms with E-state index in [1.54, 1.807) is 0 Å². The molecule has 0 aliphatic heterocycles. The zero-order chi connectivity index (χ0) is 15.5. The minimum Gasteiger partial charge on any atom is -0.409 e. The number of halogens is 2. The monoisotopic (exact) mass is 307 g/mol. The Hall–Kier alpha value is -1.74. The van der Waals surface area contributed by atoms with Crippen LogP contribution in [0.4, 0.5) is 8.78 Å². The van der Waals surface area contributed by atoms with E-state index in [-0.39, 0.29) is 12.3 Å². The van der Waals surface area contributed by atoms with Gasteiger partial charge in [-0.1, -0.05) is 5.16 Å². The molecule has 1 aromatic rings. The van der Waals surface area contributed by atoms with Crippen LogP contribution in [0.2, 0.25) is 0 Å². The summed E-state index contributed by atoms with van der Waals surface area (Å²) in [6.45, 7) is 1.51. The van der Waals surface area contributed by atoms with E-state index in [1.165, 1.54) is 14.0 Å². The quantitative estimate of drug-likeness (QED) is 0.368. The lowest BCUT2D eigenvalue weighted by Crippen LogP contribution is -2.38. The van der Waals surface area contributed by atoms with Crippen molar-refractivity contribution in [1.82, 2.24) is 4.31 Å². The van der Waals surface area contributed by atoms with Gasteiger partial charge in [0.2, 0.25) is 10.0 Å². The van der Waals surface area contributed by atoms with E-state index < -0.39 is 32.6 Å². The van der Waals surface area contributed by atoms with Crippen molar-refractivity contribution in [3.63, 3.8) is 0 Å². The summed E-state index contributed by atoms with van der Waals surface area (Å²) >= 11 is 0. The molecule has 0 bridgehead atoms. The molecule has 0 saturated carbocycles. The summed E-state index contributed by atoms with van der Waals surface area (Å²) in [5.74, 6) is -2.19. The molecular formula is C11H15F2N3O3S. The van der Waals surface area contributed by atoms with Gasteiger partial charge in [-0.05, 0) is 19.1 Å². The summed E-state index contributed by atoms with van der Waals surface area (Å²) < 4.78 is 51.6. The average Bonchev–Trinajstić information content (AvgIpc) is 2.36. The normalized spacial score (nSPS) is 14.6. The molecule has 1 aromatic carbocycles. The SMILES string of the molecule is CC(CC(N)=NO)N(C)S(=O)(=O)c1ccc(F)cc1F. The van der Waals surface area contributed by atoms with Crippen LogP contribution in [0.15, 0.2) is 28.3 Å². The van der Waals surface area contributed by atoms with Crippen molar-refractivity contribution < 1.29 is 22.4 Å². The van der Waals surface area contributed by atoms with Gasteiger partial charge >= 0.3 is 0 Å². The molecule has 0 heterocycles. The van der Waals surface area contributed by atoms with E-state index in [4.69, 9.17) is 10.9 Å². The third-order valence-corrected chi connectivity index (χ3v) is 4.81. The van der Waals surface area contributed by atoms with Crippen LogP contribution >= 0.6 is 0 Å². The Morgan fingerprint density at radius 3 is 2.60 bits per heavy atom. The molecule has 0 spiro atoms. The lowest BCUT2D eigenvalue weighted by Gasteiger charge is -2.24. The number of oxime groups is 1. The first-order valence-corrected chi connectivity index (χ1v) is 7.03. The van der Waals surface area contributed by atoms with Crippen LogP contribution in [-0.4, -0.2) is 36.9 Å².